The molecule has 0 radical (unpaired) electrons. The number of carbonyl (C=O) groups excluding carboxylic acids is 1. The first-order valence-electron chi connectivity index (χ1n) is 7.12. The summed E-state index contributed by atoms with van der Waals surface area (Å²) in [6.07, 6.45) is 4.17. The fraction of sp³-hybridized carbons (Fsp3) is 0.533. The van der Waals surface area contributed by atoms with Crippen molar-refractivity contribution in [2.75, 3.05) is 0 Å². The maximum absolute atomic E-state index is 12.3. The van der Waals surface area contributed by atoms with Gasteiger partial charge >= 0.3 is 5.97 Å². The number of nitrogens with one attached hydrogen (secondary N) is 2. The first-order valence-corrected chi connectivity index (χ1v) is 7.12. The number of rotatable bonds is 3. The zero-order valence-corrected chi connectivity index (χ0v) is 12.2. The maximum Gasteiger partial charge on any atom is 0.329 e. The molecule has 1 fully saturated rings. The number of aliphatic carboxylic acids is 1. The van der Waals surface area contributed by atoms with Crippen molar-refractivity contribution in [1.29, 1.82) is 0 Å². The summed E-state index contributed by atoms with van der Waals surface area (Å²) in [5.74, 6) is -1.84. The second-order valence-electron chi connectivity index (χ2n) is 5.77. The van der Waals surface area contributed by atoms with Gasteiger partial charge in [0, 0.05) is 18.0 Å². The normalized spacial score (nSPS) is 25.3. The highest BCUT2D eigenvalue weighted by atomic mass is 16.4. The van der Waals surface area contributed by atoms with Crippen molar-refractivity contribution < 1.29 is 14.7 Å². The van der Waals surface area contributed by atoms with Crippen LogP contribution in [0.25, 0.3) is 0 Å². The molecule has 2 atom stereocenters. The average molecular weight is 292 g/mol. The minimum absolute atomic E-state index is 0.0565. The summed E-state index contributed by atoms with van der Waals surface area (Å²) >= 11 is 0. The molecular weight excluding hydrogens is 272 g/mol. The number of carboxylic acid groups (broad SMARTS) is 1. The number of H-pyrrole nitrogens is 1. The summed E-state index contributed by atoms with van der Waals surface area (Å²) in [4.78, 5) is 38.7. The van der Waals surface area contributed by atoms with Crippen molar-refractivity contribution in [3.05, 3.63) is 33.7 Å². The van der Waals surface area contributed by atoms with Crippen LogP contribution >= 0.6 is 0 Å². The Morgan fingerprint density at radius 1 is 1.43 bits per heavy atom. The zero-order chi connectivity index (χ0) is 15.6. The molecule has 2 unspecified atom stereocenters. The van der Waals surface area contributed by atoms with Gasteiger partial charge in [0.05, 0.1) is 0 Å². The van der Waals surface area contributed by atoms with Crippen LogP contribution in [0.15, 0.2) is 17.1 Å². The summed E-state index contributed by atoms with van der Waals surface area (Å²) in [6.45, 7) is 3.54. The third-order valence-corrected chi connectivity index (χ3v) is 4.32. The molecule has 6 nitrogen and oxygen atoms in total. The Morgan fingerprint density at radius 2 is 2.14 bits per heavy atom. The minimum atomic E-state index is -1.29. The first-order chi connectivity index (χ1) is 9.86. The average Bonchev–Trinajstić information content (AvgIpc) is 2.41. The molecule has 1 aromatic heterocycles. The highest BCUT2D eigenvalue weighted by molar-refractivity contribution is 5.97. The lowest BCUT2D eigenvalue weighted by atomic mass is 9.73. The quantitative estimate of drug-likeness (QED) is 0.785. The van der Waals surface area contributed by atoms with Gasteiger partial charge in [0.15, 0.2) is 5.43 Å². The standard InChI is InChI=1S/C15H20N2O4/c1-9-5-3-4-6-15(9,14(20)21)17-13(19)11-8-16-10(2)7-12(11)18/h7-9H,3-6H2,1-2H3,(H,16,18)(H,17,19)(H,20,21). The van der Waals surface area contributed by atoms with Gasteiger partial charge < -0.3 is 15.4 Å². The number of aromatic nitrogens is 1. The van der Waals surface area contributed by atoms with E-state index in [0.717, 1.165) is 19.3 Å². The number of amides is 1. The molecule has 21 heavy (non-hydrogen) atoms. The number of carbonyl (C=O) groups is 2. The van der Waals surface area contributed by atoms with Crippen molar-refractivity contribution >= 4 is 11.9 Å². The summed E-state index contributed by atoms with van der Waals surface area (Å²) in [5.41, 5.74) is -1.10. The van der Waals surface area contributed by atoms with Gasteiger partial charge in [0.1, 0.15) is 11.1 Å². The molecule has 0 saturated heterocycles. The van der Waals surface area contributed by atoms with Crippen LogP contribution in [0.2, 0.25) is 0 Å². The molecule has 1 saturated carbocycles. The molecule has 114 valence electrons. The third kappa shape index (κ3) is 2.84. The number of carboxylic acids is 1. The Labute approximate surface area is 122 Å². The molecule has 1 aromatic rings. The smallest absolute Gasteiger partial charge is 0.329 e. The van der Waals surface area contributed by atoms with Gasteiger partial charge in [-0.3, -0.25) is 9.59 Å². The summed E-state index contributed by atoms with van der Waals surface area (Å²) < 4.78 is 0. The van der Waals surface area contributed by atoms with E-state index in [2.05, 4.69) is 10.3 Å². The van der Waals surface area contributed by atoms with Gasteiger partial charge in [-0.25, -0.2) is 4.79 Å². The van der Waals surface area contributed by atoms with E-state index in [1.807, 2.05) is 6.92 Å². The fourth-order valence-electron chi connectivity index (χ4n) is 2.92. The Hall–Kier alpha value is -2.11. The van der Waals surface area contributed by atoms with Crippen molar-refractivity contribution in [3.63, 3.8) is 0 Å². The molecule has 1 amide bonds. The van der Waals surface area contributed by atoms with E-state index in [-0.39, 0.29) is 11.5 Å². The van der Waals surface area contributed by atoms with Gasteiger partial charge in [-0.2, -0.15) is 0 Å². The lowest BCUT2D eigenvalue weighted by Gasteiger charge is -2.39. The van der Waals surface area contributed by atoms with Crippen LogP contribution in [-0.2, 0) is 4.79 Å². The van der Waals surface area contributed by atoms with Crippen LogP contribution in [0, 0.1) is 12.8 Å². The summed E-state index contributed by atoms with van der Waals surface area (Å²) in [6, 6.07) is 1.33. The monoisotopic (exact) mass is 292 g/mol. The zero-order valence-electron chi connectivity index (χ0n) is 12.2. The van der Waals surface area contributed by atoms with E-state index < -0.39 is 22.8 Å². The van der Waals surface area contributed by atoms with E-state index in [9.17, 15) is 19.5 Å². The number of hydrogen-bond acceptors (Lipinski definition) is 3. The second-order valence-corrected chi connectivity index (χ2v) is 5.77. The largest absolute Gasteiger partial charge is 0.479 e. The Morgan fingerprint density at radius 3 is 2.71 bits per heavy atom. The molecular formula is C15H20N2O4. The van der Waals surface area contributed by atoms with Gasteiger partial charge in [0.2, 0.25) is 0 Å². The SMILES string of the molecule is Cc1cc(=O)c(C(=O)NC2(C(=O)O)CCCCC2C)c[nH]1. The van der Waals surface area contributed by atoms with Gasteiger partial charge in [-0.15, -0.1) is 0 Å². The summed E-state index contributed by atoms with van der Waals surface area (Å²) in [7, 11) is 0. The number of hydrogen-bond donors (Lipinski definition) is 3. The molecule has 0 bridgehead atoms. The van der Waals surface area contributed by atoms with Crippen LogP contribution in [0.1, 0.15) is 48.7 Å². The number of aromatic amines is 1. The summed E-state index contributed by atoms with van der Waals surface area (Å²) in [5, 5.41) is 12.2. The third-order valence-electron chi connectivity index (χ3n) is 4.32. The first kappa shape index (κ1) is 15.3. The van der Waals surface area contributed by atoms with Gasteiger partial charge in [-0.05, 0) is 25.7 Å². The number of aryl methyl sites for hydroxylation is 1. The van der Waals surface area contributed by atoms with Crippen LogP contribution in [0.3, 0.4) is 0 Å². The van der Waals surface area contributed by atoms with E-state index in [0.29, 0.717) is 12.1 Å². The lowest BCUT2D eigenvalue weighted by molar-refractivity contribution is -0.148. The molecule has 0 aromatic carbocycles. The van der Waals surface area contributed by atoms with E-state index in [4.69, 9.17) is 0 Å². The van der Waals surface area contributed by atoms with Crippen molar-refractivity contribution in [3.8, 4) is 0 Å². The Kier molecular flexibility index (Phi) is 4.16. The van der Waals surface area contributed by atoms with Crippen LogP contribution < -0.4 is 10.7 Å². The van der Waals surface area contributed by atoms with Gasteiger partial charge in [0.25, 0.3) is 5.91 Å². The van der Waals surface area contributed by atoms with E-state index in [1.54, 1.807) is 6.92 Å². The van der Waals surface area contributed by atoms with Crippen molar-refractivity contribution in [2.24, 2.45) is 5.92 Å². The van der Waals surface area contributed by atoms with E-state index >= 15 is 0 Å². The predicted octanol–water partition coefficient (Wildman–Crippen LogP) is 1.45. The van der Waals surface area contributed by atoms with Crippen LogP contribution in [0.4, 0.5) is 0 Å². The molecule has 1 aliphatic carbocycles. The van der Waals surface area contributed by atoms with Gasteiger partial charge in [-0.1, -0.05) is 19.8 Å². The highest BCUT2D eigenvalue weighted by Crippen LogP contribution is 2.34. The fourth-order valence-corrected chi connectivity index (χ4v) is 2.92. The second kappa shape index (κ2) is 5.71. The van der Waals surface area contributed by atoms with Crippen LogP contribution in [-0.4, -0.2) is 27.5 Å². The van der Waals surface area contributed by atoms with Crippen molar-refractivity contribution in [1.82, 2.24) is 10.3 Å². The molecule has 0 spiro atoms. The molecule has 2 rings (SSSR count). The van der Waals surface area contributed by atoms with Crippen LogP contribution in [0.5, 0.6) is 0 Å². The maximum atomic E-state index is 12.3. The molecule has 1 aliphatic rings. The lowest BCUT2D eigenvalue weighted by Crippen LogP contribution is -2.60. The molecule has 1 heterocycles. The highest BCUT2D eigenvalue weighted by Gasteiger charge is 2.46. The minimum Gasteiger partial charge on any atom is -0.479 e. The topological polar surface area (TPSA) is 99.3 Å². The predicted molar refractivity (Wildman–Crippen MR) is 77.3 cm³/mol. The molecule has 6 heteroatoms. The molecule has 0 aliphatic heterocycles. The Bertz CT molecular complexity index is 622. The van der Waals surface area contributed by atoms with E-state index in [1.165, 1.54) is 12.3 Å². The molecule has 3 N–H and O–H groups in total. The number of pyridine rings is 1. The Balaban J connectivity index is 2.31. The van der Waals surface area contributed by atoms with Crippen molar-refractivity contribution in [2.45, 2.75) is 45.1 Å².